The molecule has 2 saturated heterocycles. The van der Waals surface area contributed by atoms with Crippen LogP contribution in [0.25, 0.3) is 0 Å². The molecule has 2 aliphatic heterocycles. The maximum Gasteiger partial charge on any atom is 0.255 e. The van der Waals surface area contributed by atoms with Gasteiger partial charge in [0, 0.05) is 42.6 Å². The van der Waals surface area contributed by atoms with Crippen molar-refractivity contribution in [2.75, 3.05) is 32.7 Å². The number of hydrogen-bond acceptors (Lipinski definition) is 4. The van der Waals surface area contributed by atoms with E-state index in [4.69, 9.17) is 0 Å². The van der Waals surface area contributed by atoms with E-state index in [1.807, 2.05) is 22.6 Å². The monoisotopic (exact) mass is 473 g/mol. The van der Waals surface area contributed by atoms with Crippen LogP contribution in [0, 0.1) is 9.39 Å². The maximum absolute atomic E-state index is 13.2. The molecule has 0 spiro atoms. The van der Waals surface area contributed by atoms with Gasteiger partial charge in [0.1, 0.15) is 12.4 Å². The third kappa shape index (κ3) is 3.87. The SMILES string of the molecule is O=C(CN1C(=O)CCC1=O)N1CCN(C(=O)c2ccc(F)cc2I)CC1. The van der Waals surface area contributed by atoms with Crippen LogP contribution in [0.4, 0.5) is 4.39 Å². The molecule has 2 fully saturated rings. The normalized spacial score (nSPS) is 17.8. The Balaban J connectivity index is 1.57. The summed E-state index contributed by atoms with van der Waals surface area (Å²) in [5, 5.41) is 0. The van der Waals surface area contributed by atoms with Crippen LogP contribution >= 0.6 is 22.6 Å². The van der Waals surface area contributed by atoms with Crippen LogP contribution in [0.1, 0.15) is 23.2 Å². The van der Waals surface area contributed by atoms with Crippen molar-refractivity contribution in [2.24, 2.45) is 0 Å². The second kappa shape index (κ2) is 7.68. The number of halogens is 2. The Hall–Kier alpha value is -2.04. The van der Waals surface area contributed by atoms with E-state index in [-0.39, 0.29) is 43.0 Å². The third-order valence-corrected chi connectivity index (χ3v) is 5.42. The van der Waals surface area contributed by atoms with Gasteiger partial charge >= 0.3 is 0 Å². The van der Waals surface area contributed by atoms with E-state index in [9.17, 15) is 23.6 Å². The molecule has 1 aromatic rings. The van der Waals surface area contributed by atoms with E-state index >= 15 is 0 Å². The summed E-state index contributed by atoms with van der Waals surface area (Å²) >= 11 is 1.92. The molecule has 0 aromatic heterocycles. The highest BCUT2D eigenvalue weighted by molar-refractivity contribution is 14.1. The van der Waals surface area contributed by atoms with Gasteiger partial charge in [0.15, 0.2) is 0 Å². The molecule has 2 heterocycles. The summed E-state index contributed by atoms with van der Waals surface area (Å²) in [5.74, 6) is -1.53. The number of benzene rings is 1. The van der Waals surface area contributed by atoms with Crippen molar-refractivity contribution in [1.82, 2.24) is 14.7 Å². The number of amides is 4. The van der Waals surface area contributed by atoms with E-state index in [1.165, 1.54) is 18.2 Å². The zero-order chi connectivity index (χ0) is 18.8. The van der Waals surface area contributed by atoms with Gasteiger partial charge in [0.25, 0.3) is 5.91 Å². The van der Waals surface area contributed by atoms with Gasteiger partial charge < -0.3 is 9.80 Å². The lowest BCUT2D eigenvalue weighted by molar-refractivity contribution is -0.146. The number of hydrogen-bond donors (Lipinski definition) is 0. The van der Waals surface area contributed by atoms with E-state index in [0.717, 1.165) is 4.90 Å². The molecular formula is C17H17FIN3O4. The lowest BCUT2D eigenvalue weighted by atomic mass is 10.1. The maximum atomic E-state index is 13.2. The molecule has 26 heavy (non-hydrogen) atoms. The fourth-order valence-corrected chi connectivity index (χ4v) is 3.73. The molecule has 0 radical (unpaired) electrons. The van der Waals surface area contributed by atoms with Gasteiger partial charge in [0.05, 0.1) is 5.56 Å². The van der Waals surface area contributed by atoms with Gasteiger partial charge in [-0.1, -0.05) is 0 Å². The molecular weight excluding hydrogens is 456 g/mol. The number of rotatable bonds is 3. The Morgan fingerprint density at radius 3 is 2.15 bits per heavy atom. The Bertz CT molecular complexity index is 761. The van der Waals surface area contributed by atoms with Gasteiger partial charge in [-0.15, -0.1) is 0 Å². The van der Waals surface area contributed by atoms with E-state index in [2.05, 4.69) is 0 Å². The third-order valence-electron chi connectivity index (χ3n) is 4.53. The van der Waals surface area contributed by atoms with Crippen molar-refractivity contribution in [3.8, 4) is 0 Å². The summed E-state index contributed by atoms with van der Waals surface area (Å²) in [7, 11) is 0. The Morgan fingerprint density at radius 2 is 1.58 bits per heavy atom. The van der Waals surface area contributed by atoms with Gasteiger partial charge in [-0.2, -0.15) is 0 Å². The fraction of sp³-hybridized carbons (Fsp3) is 0.412. The molecule has 138 valence electrons. The minimum Gasteiger partial charge on any atom is -0.338 e. The Labute approximate surface area is 163 Å². The minimum absolute atomic E-state index is 0.157. The quantitative estimate of drug-likeness (QED) is 0.482. The molecule has 0 aliphatic carbocycles. The van der Waals surface area contributed by atoms with Crippen LogP contribution in [-0.4, -0.2) is 71.1 Å². The van der Waals surface area contributed by atoms with Crippen LogP contribution in [0.2, 0.25) is 0 Å². The second-order valence-corrected chi connectivity index (χ2v) is 7.33. The first-order valence-electron chi connectivity index (χ1n) is 8.22. The average molecular weight is 473 g/mol. The predicted octanol–water partition coefficient (Wildman–Crippen LogP) is 0.864. The zero-order valence-electron chi connectivity index (χ0n) is 13.9. The summed E-state index contributed by atoms with van der Waals surface area (Å²) in [4.78, 5) is 52.3. The van der Waals surface area contributed by atoms with Crippen LogP contribution in [0.3, 0.4) is 0 Å². The second-order valence-electron chi connectivity index (χ2n) is 6.17. The molecule has 3 rings (SSSR count). The van der Waals surface area contributed by atoms with Crippen LogP contribution < -0.4 is 0 Å². The van der Waals surface area contributed by atoms with E-state index in [1.54, 1.807) is 9.80 Å². The number of imide groups is 1. The average Bonchev–Trinajstić information content (AvgIpc) is 2.93. The number of carbonyl (C=O) groups is 4. The number of likely N-dealkylation sites (tertiary alicyclic amines) is 1. The molecule has 0 atom stereocenters. The zero-order valence-corrected chi connectivity index (χ0v) is 16.1. The highest BCUT2D eigenvalue weighted by Crippen LogP contribution is 2.18. The summed E-state index contributed by atoms with van der Waals surface area (Å²) in [6.45, 7) is 1.12. The van der Waals surface area contributed by atoms with Crippen LogP contribution in [0.15, 0.2) is 18.2 Å². The van der Waals surface area contributed by atoms with Gasteiger partial charge in [-0.25, -0.2) is 4.39 Å². The lowest BCUT2D eigenvalue weighted by Gasteiger charge is -2.35. The van der Waals surface area contributed by atoms with E-state index < -0.39 is 5.82 Å². The van der Waals surface area contributed by atoms with Crippen LogP contribution in [0.5, 0.6) is 0 Å². The molecule has 1 aromatic carbocycles. The summed E-state index contributed by atoms with van der Waals surface area (Å²) in [5.41, 5.74) is 0.431. The standard InChI is InChI=1S/C17H17FIN3O4/c18-11-1-2-12(13(19)9-11)17(26)21-7-5-20(6-8-21)16(25)10-22-14(23)3-4-15(22)24/h1-2,9H,3-8,10H2. The molecule has 7 nitrogen and oxygen atoms in total. The lowest BCUT2D eigenvalue weighted by Crippen LogP contribution is -2.53. The van der Waals surface area contributed by atoms with Crippen molar-refractivity contribution >= 4 is 46.2 Å². The molecule has 0 unspecified atom stereocenters. The topological polar surface area (TPSA) is 78.0 Å². The summed E-state index contributed by atoms with van der Waals surface area (Å²) in [6.07, 6.45) is 0.315. The van der Waals surface area contributed by atoms with E-state index in [0.29, 0.717) is 35.3 Å². The molecule has 0 N–H and O–H groups in total. The van der Waals surface area contributed by atoms with Crippen molar-refractivity contribution in [1.29, 1.82) is 0 Å². The largest absolute Gasteiger partial charge is 0.338 e. The van der Waals surface area contributed by atoms with Crippen molar-refractivity contribution in [3.05, 3.63) is 33.1 Å². The number of carbonyl (C=O) groups excluding carboxylic acids is 4. The first-order chi connectivity index (χ1) is 12.4. The van der Waals surface area contributed by atoms with Crippen LogP contribution in [-0.2, 0) is 14.4 Å². The van der Waals surface area contributed by atoms with Gasteiger partial charge in [-0.05, 0) is 40.8 Å². The first kappa shape index (κ1) is 18.7. The predicted molar refractivity (Wildman–Crippen MR) is 97.6 cm³/mol. The number of nitrogens with zero attached hydrogens (tertiary/aromatic N) is 3. The fourth-order valence-electron chi connectivity index (χ4n) is 3.03. The first-order valence-corrected chi connectivity index (χ1v) is 9.30. The molecule has 4 amide bonds. The minimum atomic E-state index is -0.396. The van der Waals surface area contributed by atoms with Crippen molar-refractivity contribution < 1.29 is 23.6 Å². The van der Waals surface area contributed by atoms with Gasteiger partial charge in [-0.3, -0.25) is 24.1 Å². The summed E-state index contributed by atoms with van der Waals surface area (Å²) in [6, 6.07) is 4.01. The highest BCUT2D eigenvalue weighted by atomic mass is 127. The molecule has 9 heteroatoms. The smallest absolute Gasteiger partial charge is 0.255 e. The number of piperazine rings is 1. The van der Waals surface area contributed by atoms with Crippen molar-refractivity contribution in [2.45, 2.75) is 12.8 Å². The van der Waals surface area contributed by atoms with Gasteiger partial charge in [0.2, 0.25) is 17.7 Å². The Morgan fingerprint density at radius 1 is 1.00 bits per heavy atom. The highest BCUT2D eigenvalue weighted by Gasteiger charge is 2.33. The Kier molecular flexibility index (Phi) is 5.54. The summed E-state index contributed by atoms with van der Waals surface area (Å²) < 4.78 is 13.7. The molecule has 2 aliphatic rings. The van der Waals surface area contributed by atoms with Crippen molar-refractivity contribution in [3.63, 3.8) is 0 Å². The molecule has 0 saturated carbocycles. The molecule has 0 bridgehead atoms.